The summed E-state index contributed by atoms with van der Waals surface area (Å²) in [6.07, 6.45) is 3.24. The Balaban J connectivity index is 1.72. The molecule has 7 heteroatoms. The van der Waals surface area contributed by atoms with Gasteiger partial charge in [-0.15, -0.1) is 0 Å². The van der Waals surface area contributed by atoms with Gasteiger partial charge in [-0.3, -0.25) is 19.5 Å². The van der Waals surface area contributed by atoms with Crippen LogP contribution in [-0.4, -0.2) is 27.8 Å². The monoisotopic (exact) mass is 431 g/mol. The lowest BCUT2D eigenvalue weighted by molar-refractivity contribution is -0.137. The molecular weight excluding hydrogens is 409 g/mol. The average Bonchev–Trinajstić information content (AvgIpc) is 2.99. The number of benzene rings is 2. The Morgan fingerprint density at radius 2 is 1.81 bits per heavy atom. The molecular formula is C25H22FN3O3. The first-order chi connectivity index (χ1) is 15.4. The summed E-state index contributed by atoms with van der Waals surface area (Å²) >= 11 is 0. The maximum atomic E-state index is 13.7. The second-order valence-corrected chi connectivity index (χ2v) is 7.63. The zero-order valence-corrected chi connectivity index (χ0v) is 17.7. The summed E-state index contributed by atoms with van der Waals surface area (Å²) < 4.78 is 19.4. The number of nitrogens with zero attached hydrogens (tertiary/aromatic N) is 2. The van der Waals surface area contributed by atoms with Gasteiger partial charge < -0.3 is 10.1 Å². The molecule has 6 nitrogen and oxygen atoms in total. The minimum absolute atomic E-state index is 0.00920. The van der Waals surface area contributed by atoms with Gasteiger partial charge in [0.2, 0.25) is 0 Å². The van der Waals surface area contributed by atoms with E-state index in [0.717, 1.165) is 10.5 Å². The van der Waals surface area contributed by atoms with Gasteiger partial charge in [0.25, 0.3) is 11.8 Å². The van der Waals surface area contributed by atoms with Crippen molar-refractivity contribution < 1.29 is 18.7 Å². The quantitative estimate of drug-likeness (QED) is 0.562. The lowest BCUT2D eigenvalue weighted by Crippen LogP contribution is -2.32. The maximum absolute atomic E-state index is 13.7. The van der Waals surface area contributed by atoms with Gasteiger partial charge in [-0.1, -0.05) is 24.3 Å². The van der Waals surface area contributed by atoms with E-state index < -0.39 is 17.6 Å². The van der Waals surface area contributed by atoms with E-state index in [1.807, 2.05) is 13.8 Å². The van der Waals surface area contributed by atoms with Crippen molar-refractivity contribution in [1.29, 1.82) is 0 Å². The first-order valence-electron chi connectivity index (χ1n) is 10.2. The molecule has 0 radical (unpaired) electrons. The molecule has 1 aliphatic heterocycles. The predicted molar refractivity (Wildman–Crippen MR) is 119 cm³/mol. The topological polar surface area (TPSA) is 71.5 Å². The largest absolute Gasteiger partial charge is 0.491 e. The highest BCUT2D eigenvalue weighted by Crippen LogP contribution is 2.32. The van der Waals surface area contributed by atoms with Crippen LogP contribution in [0.2, 0.25) is 0 Å². The molecule has 1 N–H and O–H groups in total. The SMILES string of the molecule is CC(C)Oc1ccc(C2=C(Nc3cccc(F)c3)C(=O)N(Cc3cccnc3)C2=O)cc1. The first kappa shape index (κ1) is 21.2. The lowest BCUT2D eigenvalue weighted by atomic mass is 10.0. The molecule has 4 rings (SSSR count). The van der Waals surface area contributed by atoms with Gasteiger partial charge in [-0.2, -0.15) is 0 Å². The summed E-state index contributed by atoms with van der Waals surface area (Å²) in [4.78, 5) is 31.8. The molecule has 2 amide bonds. The number of halogens is 1. The third-order valence-corrected chi connectivity index (χ3v) is 4.84. The van der Waals surface area contributed by atoms with Crippen molar-refractivity contribution in [1.82, 2.24) is 9.88 Å². The van der Waals surface area contributed by atoms with Crippen LogP contribution >= 0.6 is 0 Å². The molecule has 0 atom stereocenters. The van der Waals surface area contributed by atoms with Crippen molar-refractivity contribution in [3.05, 3.63) is 95.7 Å². The molecule has 3 aromatic rings. The number of carbonyl (C=O) groups excluding carboxylic acids is 2. The Morgan fingerprint density at radius 3 is 2.47 bits per heavy atom. The highest BCUT2D eigenvalue weighted by atomic mass is 19.1. The lowest BCUT2D eigenvalue weighted by Gasteiger charge is -2.15. The van der Waals surface area contributed by atoms with E-state index >= 15 is 0 Å². The molecule has 2 aromatic carbocycles. The standard InChI is InChI=1S/C25H22FN3O3/c1-16(2)32-21-10-8-18(9-11-21)22-23(28-20-7-3-6-19(26)13-20)25(31)29(24(22)30)15-17-5-4-12-27-14-17/h3-14,16,28H,15H2,1-2H3. The minimum atomic E-state index is -0.486. The van der Waals surface area contributed by atoms with Crippen LogP contribution in [0.1, 0.15) is 25.0 Å². The van der Waals surface area contributed by atoms with Gasteiger partial charge in [0, 0.05) is 18.1 Å². The minimum Gasteiger partial charge on any atom is -0.491 e. The zero-order valence-electron chi connectivity index (χ0n) is 17.7. The first-order valence-corrected chi connectivity index (χ1v) is 10.2. The van der Waals surface area contributed by atoms with E-state index in [1.165, 1.54) is 18.2 Å². The molecule has 2 heterocycles. The van der Waals surface area contributed by atoms with Crippen LogP contribution in [0.5, 0.6) is 5.75 Å². The summed E-state index contributed by atoms with van der Waals surface area (Å²) in [5.74, 6) is -0.708. The molecule has 0 unspecified atom stereocenters. The molecule has 0 saturated carbocycles. The van der Waals surface area contributed by atoms with Crippen LogP contribution in [0.4, 0.5) is 10.1 Å². The molecule has 0 fully saturated rings. The molecule has 0 bridgehead atoms. The molecule has 1 aromatic heterocycles. The van der Waals surface area contributed by atoms with Crippen molar-refractivity contribution in [3.8, 4) is 5.75 Å². The van der Waals surface area contributed by atoms with E-state index in [4.69, 9.17) is 4.74 Å². The molecule has 32 heavy (non-hydrogen) atoms. The second-order valence-electron chi connectivity index (χ2n) is 7.63. The van der Waals surface area contributed by atoms with Crippen molar-refractivity contribution >= 4 is 23.1 Å². The molecule has 0 saturated heterocycles. The van der Waals surface area contributed by atoms with Crippen LogP contribution in [0, 0.1) is 5.82 Å². The van der Waals surface area contributed by atoms with Crippen LogP contribution in [0.15, 0.2) is 78.8 Å². The third kappa shape index (κ3) is 4.51. The van der Waals surface area contributed by atoms with Crippen LogP contribution < -0.4 is 10.1 Å². The van der Waals surface area contributed by atoms with Crippen molar-refractivity contribution in [2.45, 2.75) is 26.5 Å². The number of ether oxygens (including phenoxy) is 1. The summed E-state index contributed by atoms with van der Waals surface area (Å²) in [5, 5.41) is 2.95. The predicted octanol–water partition coefficient (Wildman–Crippen LogP) is 4.40. The number of rotatable bonds is 7. The Kier molecular flexibility index (Phi) is 5.98. The number of amides is 2. The molecule has 0 spiro atoms. The fourth-order valence-electron chi connectivity index (χ4n) is 3.46. The number of nitrogens with one attached hydrogen (secondary N) is 1. The van der Waals surface area contributed by atoms with E-state index in [2.05, 4.69) is 10.3 Å². The molecule has 1 aliphatic rings. The molecule has 162 valence electrons. The smallest absolute Gasteiger partial charge is 0.278 e. The fraction of sp³-hybridized carbons (Fsp3) is 0.160. The van der Waals surface area contributed by atoms with Gasteiger partial charge in [0.05, 0.1) is 18.2 Å². The zero-order chi connectivity index (χ0) is 22.7. The third-order valence-electron chi connectivity index (χ3n) is 4.84. The van der Waals surface area contributed by atoms with Gasteiger partial charge in [0.1, 0.15) is 17.3 Å². The van der Waals surface area contributed by atoms with E-state index in [-0.39, 0.29) is 23.9 Å². The number of carbonyl (C=O) groups is 2. The Morgan fingerprint density at radius 1 is 1.03 bits per heavy atom. The van der Waals surface area contributed by atoms with Crippen LogP contribution in [0.25, 0.3) is 5.57 Å². The van der Waals surface area contributed by atoms with Crippen molar-refractivity contribution in [2.24, 2.45) is 0 Å². The summed E-state index contributed by atoms with van der Waals surface area (Å²) in [6.45, 7) is 3.93. The van der Waals surface area contributed by atoms with Gasteiger partial charge >= 0.3 is 0 Å². The average molecular weight is 431 g/mol. The second kappa shape index (κ2) is 9.01. The highest BCUT2D eigenvalue weighted by Gasteiger charge is 2.39. The number of pyridine rings is 1. The van der Waals surface area contributed by atoms with E-state index in [1.54, 1.807) is 54.9 Å². The normalized spacial score (nSPS) is 13.8. The highest BCUT2D eigenvalue weighted by molar-refractivity contribution is 6.36. The number of aromatic nitrogens is 1. The number of hydrogen-bond donors (Lipinski definition) is 1. The van der Waals surface area contributed by atoms with Crippen LogP contribution in [-0.2, 0) is 16.1 Å². The van der Waals surface area contributed by atoms with E-state index in [0.29, 0.717) is 17.0 Å². The summed E-state index contributed by atoms with van der Waals surface area (Å²) in [6, 6.07) is 16.3. The summed E-state index contributed by atoms with van der Waals surface area (Å²) in [7, 11) is 0. The number of anilines is 1. The Labute approximate surface area is 185 Å². The van der Waals surface area contributed by atoms with Crippen molar-refractivity contribution in [3.63, 3.8) is 0 Å². The van der Waals surface area contributed by atoms with Gasteiger partial charge in [-0.25, -0.2) is 4.39 Å². The summed E-state index contributed by atoms with van der Waals surface area (Å²) in [5.41, 5.74) is 1.98. The number of hydrogen-bond acceptors (Lipinski definition) is 5. The Hall–Kier alpha value is -4.00. The van der Waals surface area contributed by atoms with E-state index in [9.17, 15) is 14.0 Å². The van der Waals surface area contributed by atoms with Crippen molar-refractivity contribution in [2.75, 3.05) is 5.32 Å². The number of imide groups is 1. The van der Waals surface area contributed by atoms with Gasteiger partial charge in [0.15, 0.2) is 0 Å². The Bertz CT molecular complexity index is 1170. The maximum Gasteiger partial charge on any atom is 0.278 e. The van der Waals surface area contributed by atoms with Gasteiger partial charge in [-0.05, 0) is 61.4 Å². The molecule has 0 aliphatic carbocycles. The fourth-order valence-corrected chi connectivity index (χ4v) is 3.46. The van der Waals surface area contributed by atoms with Crippen LogP contribution in [0.3, 0.4) is 0 Å².